The van der Waals surface area contributed by atoms with Crippen molar-refractivity contribution >= 4 is 90.4 Å². The highest BCUT2D eigenvalue weighted by molar-refractivity contribution is 8.44. The third-order valence-corrected chi connectivity index (χ3v) is 17.6. The quantitative estimate of drug-likeness (QED) is 0.0203. The van der Waals surface area contributed by atoms with Gasteiger partial charge in [-0.25, -0.2) is 29.1 Å². The Labute approximate surface area is 515 Å². The van der Waals surface area contributed by atoms with Gasteiger partial charge >= 0.3 is 31.6 Å². The average molecular weight is 1300 g/mol. The molecule has 1 saturated carbocycles. The fourth-order valence-corrected chi connectivity index (χ4v) is 13.1. The van der Waals surface area contributed by atoms with Crippen molar-refractivity contribution in [3.05, 3.63) is 106 Å². The van der Waals surface area contributed by atoms with Gasteiger partial charge < -0.3 is 63.8 Å². The molecule has 476 valence electrons. The maximum atomic E-state index is 14.0. The molecule has 8 N–H and O–H groups in total. The number of primary amides is 1. The summed E-state index contributed by atoms with van der Waals surface area (Å²) >= 11 is 9.61. The van der Waals surface area contributed by atoms with E-state index >= 15 is 0 Å². The second-order valence-corrected chi connectivity index (χ2v) is 28.3. The van der Waals surface area contributed by atoms with Crippen LogP contribution in [0, 0.1) is 17.8 Å². The molecule has 33 heteroatoms. The lowest BCUT2D eigenvalue weighted by Gasteiger charge is -2.27. The Bertz CT molecular complexity index is 3490. The molecule has 1 aliphatic carbocycles. The van der Waals surface area contributed by atoms with E-state index in [0.717, 1.165) is 6.33 Å². The molecule has 5 aromatic rings. The van der Waals surface area contributed by atoms with E-state index in [4.69, 9.17) is 54.6 Å². The number of hydrogen-bond acceptors (Lipinski definition) is 22. The van der Waals surface area contributed by atoms with Gasteiger partial charge in [-0.2, -0.15) is 4.98 Å². The second-order valence-electron chi connectivity index (χ2n) is 22.7. The number of nitrogens with two attached hydrogens (primary N) is 1. The minimum absolute atomic E-state index is 0.0763. The number of nitrogens with one attached hydrogen (secondary N) is 4. The fraction of sp³-hybridized carbons (Fsp3) is 0.509. The Kier molecular flexibility index (Phi) is 22.3. The Morgan fingerprint density at radius 3 is 2.44 bits per heavy atom. The summed E-state index contributed by atoms with van der Waals surface area (Å²) in [5.41, 5.74) is 4.93. The SMILES string of the molecule is CC(C)[C@H](CC(=O)OC(C)(C)C)C(=O)N[C@@H](CCCNC(N)=O)C(=O)Cc1ccc(COC(=O)N(C)Cc2ccccc2C(=O)Nc2nc3c(ncn3[C@@H]3O[C@@H]4COP(O)(=S)O[C@H]5C[C@H](Oc6ccncn6)C[C@@H]5COP(=O)(S)O[C@@H]3[C@@H]4O)c(=O)[nH]2)cc1. The van der Waals surface area contributed by atoms with Crippen molar-refractivity contribution in [2.75, 3.05) is 32.1 Å². The van der Waals surface area contributed by atoms with Crippen molar-refractivity contribution in [1.29, 1.82) is 0 Å². The number of aliphatic hydroxyl groups excluding tert-OH is 1. The number of Topliss-reactive ketones (excluding diaryl/α,β-unsaturated/α-hetero) is 1. The van der Waals surface area contributed by atoms with E-state index in [9.17, 15) is 48.1 Å². The number of aliphatic hydroxyl groups is 1. The average Bonchev–Trinajstić information content (AvgIpc) is 1.73. The van der Waals surface area contributed by atoms with Crippen molar-refractivity contribution in [3.63, 3.8) is 0 Å². The zero-order valence-electron chi connectivity index (χ0n) is 48.9. The van der Waals surface area contributed by atoms with Crippen LogP contribution in [0.25, 0.3) is 11.2 Å². The van der Waals surface area contributed by atoms with Gasteiger partial charge in [0.05, 0.1) is 44.0 Å². The van der Waals surface area contributed by atoms with Gasteiger partial charge in [-0.05, 0) is 80.5 Å². The van der Waals surface area contributed by atoms with E-state index in [1.54, 1.807) is 83.1 Å². The molecule has 0 radical (unpaired) electrons. The summed E-state index contributed by atoms with van der Waals surface area (Å²) in [6, 6.07) is 13.0. The van der Waals surface area contributed by atoms with Crippen LogP contribution in [0.2, 0.25) is 0 Å². The lowest BCUT2D eigenvalue weighted by Crippen LogP contribution is -2.46. The monoisotopic (exact) mass is 1300 g/mol. The summed E-state index contributed by atoms with van der Waals surface area (Å²) in [5.74, 6) is -3.72. The number of aromatic nitrogens is 6. The van der Waals surface area contributed by atoms with Crippen molar-refractivity contribution < 1.29 is 80.4 Å². The third kappa shape index (κ3) is 18.4. The number of anilines is 1. The van der Waals surface area contributed by atoms with Gasteiger partial charge in [-0.15, -0.1) is 0 Å². The van der Waals surface area contributed by atoms with Crippen molar-refractivity contribution in [2.24, 2.45) is 23.5 Å². The zero-order chi connectivity index (χ0) is 63.7. The number of fused-ring (bicyclic) bond motifs is 4. The first-order chi connectivity index (χ1) is 41.6. The number of hydrogen-bond donors (Lipinski definition) is 8. The highest BCUT2D eigenvalue weighted by Crippen LogP contribution is 2.59. The Morgan fingerprint density at radius 2 is 1.74 bits per heavy atom. The van der Waals surface area contributed by atoms with Gasteiger partial charge in [-0.3, -0.25) is 43.4 Å². The second kappa shape index (κ2) is 29.3. The number of nitrogens with zero attached hydrogens (tertiary/aromatic N) is 6. The molecule has 2 aliphatic heterocycles. The summed E-state index contributed by atoms with van der Waals surface area (Å²) in [5, 5.41) is 19.5. The number of imidazole rings is 1. The topological polar surface area (TPSA) is 388 Å². The molecule has 5 amide bonds. The lowest BCUT2D eigenvalue weighted by atomic mass is 9.90. The first kappa shape index (κ1) is 67.2. The molecule has 2 bridgehead atoms. The standard InChI is InChI=1S/C55H71N11O18P2S2/c1-30(2)37(23-43(68)82-55(3,4)5)49(71)61-38(12-9-18-58-52(56)73)39(67)20-31-13-15-32(16-14-31)25-77-54(74)65(6)24-33-10-7-8-11-36(33)48(70)63-53-62-47-44(50(72)64-53)60-29-66(47)51-46-45(69)41(81-51)27-79-85(75,87)83-40-22-35(80-42-17-19-57-28-59-42)21-34(40)26-78-86(76,88)84-46/h7-8,10-11,13-17,19,28-30,34-35,37-38,40-41,45-46,51,69H,9,12,18,20-27H2,1-6H3,(H,61,71)(H,75,87)(H,76,88)(H3,56,58,73)(H2,62,63,64,70,72)/t34-,35-,37+,38+,40+,41-,45-,46-,51-,85?,86?/m1/s1. The number of ether oxygens (including phenoxy) is 4. The molecule has 2 unspecified atom stereocenters. The van der Waals surface area contributed by atoms with Crippen molar-refractivity contribution in [2.45, 2.75) is 135 Å². The minimum Gasteiger partial charge on any atom is -0.474 e. The van der Waals surface area contributed by atoms with Crippen LogP contribution in [0.1, 0.15) is 100.0 Å². The molecular formula is C55H71N11O18P2S2. The summed E-state index contributed by atoms with van der Waals surface area (Å²) < 4.78 is 61.7. The molecule has 0 spiro atoms. The number of thiol groups is 1. The van der Waals surface area contributed by atoms with Gasteiger partial charge in [0, 0.05) is 56.7 Å². The molecule has 3 fully saturated rings. The summed E-state index contributed by atoms with van der Waals surface area (Å²) in [6.45, 7) is -0.563. The summed E-state index contributed by atoms with van der Waals surface area (Å²) in [4.78, 5) is 124. The van der Waals surface area contributed by atoms with E-state index in [0.29, 0.717) is 35.4 Å². The highest BCUT2D eigenvalue weighted by atomic mass is 32.7. The number of aromatic amines is 1. The van der Waals surface area contributed by atoms with Crippen LogP contribution in [0.15, 0.2) is 78.2 Å². The van der Waals surface area contributed by atoms with Crippen LogP contribution in [-0.2, 0) is 82.6 Å². The third-order valence-electron chi connectivity index (χ3n) is 14.4. The summed E-state index contributed by atoms with van der Waals surface area (Å²) in [6.07, 6.45) is -3.22. The van der Waals surface area contributed by atoms with E-state index in [1.807, 2.05) is 0 Å². The molecule has 11 atom stereocenters. The number of carbonyl (C=O) groups excluding carboxylic acids is 6. The fourth-order valence-electron chi connectivity index (χ4n) is 10.1. The van der Waals surface area contributed by atoms with Crippen LogP contribution < -0.4 is 32.0 Å². The van der Waals surface area contributed by atoms with E-state index in [1.165, 1.54) is 35.1 Å². The minimum atomic E-state index is -4.37. The molecule has 88 heavy (non-hydrogen) atoms. The maximum absolute atomic E-state index is 14.0. The van der Waals surface area contributed by atoms with Gasteiger partial charge in [0.1, 0.15) is 43.0 Å². The number of esters is 1. The number of amides is 5. The largest absolute Gasteiger partial charge is 0.474 e. The van der Waals surface area contributed by atoms with Gasteiger partial charge in [-0.1, -0.05) is 68.6 Å². The molecule has 3 aliphatic rings. The number of H-pyrrole nitrogens is 1. The number of urea groups is 1. The zero-order valence-corrected chi connectivity index (χ0v) is 52.4. The molecule has 2 saturated heterocycles. The Hall–Kier alpha value is -6.76. The Balaban J connectivity index is 0.886. The predicted octanol–water partition coefficient (Wildman–Crippen LogP) is 5.17. The lowest BCUT2D eigenvalue weighted by molar-refractivity contribution is -0.158. The van der Waals surface area contributed by atoms with Gasteiger partial charge in [0.25, 0.3) is 11.5 Å². The van der Waals surface area contributed by atoms with Crippen LogP contribution >= 0.6 is 25.8 Å². The number of benzene rings is 2. The summed E-state index contributed by atoms with van der Waals surface area (Å²) in [7, 11) is 1.47. The number of ketones is 1. The van der Waals surface area contributed by atoms with Crippen LogP contribution in [-0.4, -0.2) is 149 Å². The Morgan fingerprint density at radius 1 is 1.00 bits per heavy atom. The van der Waals surface area contributed by atoms with Crippen molar-refractivity contribution in [3.8, 4) is 5.88 Å². The first-order valence-corrected chi connectivity index (χ1v) is 33.4. The van der Waals surface area contributed by atoms with E-state index in [-0.39, 0.29) is 86.4 Å². The van der Waals surface area contributed by atoms with E-state index < -0.39 is 116 Å². The molecule has 29 nitrogen and oxygen atoms in total. The van der Waals surface area contributed by atoms with E-state index in [2.05, 4.69) is 53.1 Å². The highest BCUT2D eigenvalue weighted by Gasteiger charge is 2.51. The smallest absolute Gasteiger partial charge is 0.410 e. The number of carbonyl (C=O) groups is 6. The molecule has 5 heterocycles. The first-order valence-electron chi connectivity index (χ1n) is 28.1. The number of rotatable bonds is 21. The maximum Gasteiger partial charge on any atom is 0.410 e. The van der Waals surface area contributed by atoms with Crippen LogP contribution in [0.5, 0.6) is 5.88 Å². The molecule has 8 rings (SSSR count). The molecule has 2 aromatic carbocycles. The van der Waals surface area contributed by atoms with Crippen LogP contribution in [0.3, 0.4) is 0 Å². The van der Waals surface area contributed by atoms with Crippen molar-refractivity contribution in [1.82, 2.24) is 45.0 Å². The normalized spacial score (nSPS) is 24.5. The molecular weight excluding hydrogens is 1230 g/mol. The van der Waals surface area contributed by atoms with Gasteiger partial charge in [0.2, 0.25) is 17.7 Å². The predicted molar refractivity (Wildman–Crippen MR) is 321 cm³/mol. The molecule has 3 aromatic heterocycles. The van der Waals surface area contributed by atoms with Crippen LogP contribution in [0.4, 0.5) is 15.5 Å². The van der Waals surface area contributed by atoms with Gasteiger partial charge in [0.15, 0.2) is 23.2 Å².